The van der Waals surface area contributed by atoms with Crippen LogP contribution in [0.15, 0.2) is 18.5 Å². The van der Waals surface area contributed by atoms with Crippen LogP contribution in [0.2, 0.25) is 0 Å². The van der Waals surface area contributed by atoms with Crippen molar-refractivity contribution in [3.05, 3.63) is 18.5 Å². The van der Waals surface area contributed by atoms with E-state index in [1.54, 1.807) is 18.5 Å². The van der Waals surface area contributed by atoms with Crippen molar-refractivity contribution in [2.24, 2.45) is 5.92 Å². The predicted octanol–water partition coefficient (Wildman–Crippen LogP) is -0.964. The second kappa shape index (κ2) is 6.44. The number of amides is 1. The molecule has 1 aromatic heterocycles. The summed E-state index contributed by atoms with van der Waals surface area (Å²) < 4.78 is 4.78. The van der Waals surface area contributed by atoms with Crippen molar-refractivity contribution in [3.8, 4) is 0 Å². The Morgan fingerprint density at radius 3 is 2.89 bits per heavy atom. The number of hydrogen-bond acceptors (Lipinski definition) is 6. The number of nitrogens with one attached hydrogen (secondary N) is 1. The lowest BCUT2D eigenvalue weighted by molar-refractivity contribution is -0.125. The number of nitrogens with zero attached hydrogens (tertiary/aromatic N) is 3. The molecule has 0 aliphatic carbocycles. The highest BCUT2D eigenvalue weighted by molar-refractivity contribution is 5.77. The molecule has 2 heterocycles. The smallest absolute Gasteiger partial charge is 0.246 e. The van der Waals surface area contributed by atoms with Crippen molar-refractivity contribution >= 4 is 11.9 Å². The first kappa shape index (κ1) is 13.7. The maximum absolute atomic E-state index is 11.5. The lowest BCUT2D eigenvalue weighted by Crippen LogP contribution is -2.43. The number of aromatic nitrogens is 2. The average Bonchev–Trinajstić information content (AvgIpc) is 2.83. The first-order chi connectivity index (χ1) is 9.24. The minimum Gasteiger partial charge on any atom is -0.396 e. The highest BCUT2D eigenvalue weighted by atomic mass is 16.5. The Morgan fingerprint density at radius 2 is 2.26 bits per heavy atom. The van der Waals surface area contributed by atoms with Gasteiger partial charge in [0.15, 0.2) is 0 Å². The number of rotatable bonds is 5. The molecule has 2 atom stereocenters. The molecule has 0 saturated carbocycles. The third-order valence-corrected chi connectivity index (χ3v) is 3.13. The topological polar surface area (TPSA) is 87.6 Å². The second-order valence-corrected chi connectivity index (χ2v) is 4.50. The monoisotopic (exact) mass is 266 g/mol. The molecule has 1 aliphatic heterocycles. The Bertz CT molecular complexity index is 415. The summed E-state index contributed by atoms with van der Waals surface area (Å²) in [5.74, 6) is 0.413. The molecule has 1 amide bonds. The zero-order valence-corrected chi connectivity index (χ0v) is 10.8. The molecular formula is C12H18N4O3. The van der Waals surface area contributed by atoms with Crippen LogP contribution in [-0.4, -0.2) is 60.4 Å². The van der Waals surface area contributed by atoms with Gasteiger partial charge in [0.2, 0.25) is 11.9 Å². The minimum atomic E-state index is -0.179. The fourth-order valence-electron chi connectivity index (χ4n) is 2.22. The Kier molecular flexibility index (Phi) is 4.64. The highest BCUT2D eigenvalue weighted by Gasteiger charge is 2.34. The quantitative estimate of drug-likeness (QED) is 0.713. The number of hydrogen-bond donors (Lipinski definition) is 2. The van der Waals surface area contributed by atoms with Gasteiger partial charge in [-0.15, -0.1) is 0 Å². The molecule has 1 aromatic rings. The molecule has 104 valence electrons. The van der Waals surface area contributed by atoms with Gasteiger partial charge in [0.05, 0.1) is 6.04 Å². The molecule has 7 heteroatoms. The SMILES string of the molecule is COCC(=O)N[C@@H]1CN(c2ncccn2)C[C@H]1CO. The molecule has 1 aliphatic rings. The van der Waals surface area contributed by atoms with Gasteiger partial charge in [0.1, 0.15) is 6.61 Å². The Balaban J connectivity index is 1.99. The number of aliphatic hydroxyl groups is 1. The lowest BCUT2D eigenvalue weighted by atomic mass is 10.1. The molecule has 0 aromatic carbocycles. The van der Waals surface area contributed by atoms with Crippen molar-refractivity contribution < 1.29 is 14.6 Å². The van der Waals surface area contributed by atoms with Crippen LogP contribution >= 0.6 is 0 Å². The van der Waals surface area contributed by atoms with E-state index < -0.39 is 0 Å². The van der Waals surface area contributed by atoms with Gasteiger partial charge < -0.3 is 20.1 Å². The van der Waals surface area contributed by atoms with E-state index in [1.807, 2.05) is 4.90 Å². The highest BCUT2D eigenvalue weighted by Crippen LogP contribution is 2.20. The largest absolute Gasteiger partial charge is 0.396 e. The van der Waals surface area contributed by atoms with Gasteiger partial charge in [0.25, 0.3) is 0 Å². The minimum absolute atomic E-state index is 0.0151. The van der Waals surface area contributed by atoms with E-state index in [0.29, 0.717) is 19.0 Å². The van der Waals surface area contributed by atoms with Gasteiger partial charge in [0, 0.05) is 45.1 Å². The molecule has 0 unspecified atom stereocenters. The normalized spacial score (nSPS) is 22.5. The standard InChI is InChI=1S/C12H18N4O3/c1-19-8-11(18)15-10-6-16(5-9(10)7-17)12-13-3-2-4-14-12/h2-4,9-10,17H,5-8H2,1H3,(H,15,18)/t9-,10+/m0/s1. The van der Waals surface area contributed by atoms with Gasteiger partial charge in [-0.1, -0.05) is 0 Å². The zero-order chi connectivity index (χ0) is 13.7. The molecule has 1 saturated heterocycles. The van der Waals surface area contributed by atoms with E-state index >= 15 is 0 Å². The third-order valence-electron chi connectivity index (χ3n) is 3.13. The molecule has 7 nitrogen and oxygen atoms in total. The van der Waals surface area contributed by atoms with Crippen LogP contribution in [0.4, 0.5) is 5.95 Å². The number of aliphatic hydroxyl groups excluding tert-OH is 1. The molecule has 2 N–H and O–H groups in total. The Morgan fingerprint density at radius 1 is 1.53 bits per heavy atom. The van der Waals surface area contributed by atoms with E-state index in [-0.39, 0.29) is 31.1 Å². The summed E-state index contributed by atoms with van der Waals surface area (Å²) >= 11 is 0. The summed E-state index contributed by atoms with van der Waals surface area (Å²) in [5, 5.41) is 12.3. The molecular weight excluding hydrogens is 248 g/mol. The van der Waals surface area contributed by atoms with E-state index in [9.17, 15) is 9.90 Å². The van der Waals surface area contributed by atoms with Crippen LogP contribution in [0.3, 0.4) is 0 Å². The van der Waals surface area contributed by atoms with E-state index in [1.165, 1.54) is 7.11 Å². The van der Waals surface area contributed by atoms with Crippen molar-refractivity contribution in [1.29, 1.82) is 0 Å². The second-order valence-electron chi connectivity index (χ2n) is 4.50. The van der Waals surface area contributed by atoms with Crippen LogP contribution in [0.25, 0.3) is 0 Å². The molecule has 2 rings (SSSR count). The number of carbonyl (C=O) groups excluding carboxylic acids is 1. The van der Waals surface area contributed by atoms with Gasteiger partial charge in [-0.05, 0) is 6.07 Å². The van der Waals surface area contributed by atoms with Crippen LogP contribution in [0.5, 0.6) is 0 Å². The summed E-state index contributed by atoms with van der Waals surface area (Å²) in [6.07, 6.45) is 3.35. The number of anilines is 1. The lowest BCUT2D eigenvalue weighted by Gasteiger charge is -2.17. The van der Waals surface area contributed by atoms with Crippen molar-refractivity contribution in [2.75, 3.05) is 38.3 Å². The fourth-order valence-corrected chi connectivity index (χ4v) is 2.22. The first-order valence-electron chi connectivity index (χ1n) is 6.15. The maximum atomic E-state index is 11.5. The maximum Gasteiger partial charge on any atom is 0.246 e. The van der Waals surface area contributed by atoms with E-state index in [0.717, 1.165) is 0 Å². The summed E-state index contributed by atoms with van der Waals surface area (Å²) in [6.45, 7) is 1.25. The summed E-state index contributed by atoms with van der Waals surface area (Å²) in [6, 6.07) is 1.64. The van der Waals surface area contributed by atoms with Crippen molar-refractivity contribution in [1.82, 2.24) is 15.3 Å². The molecule has 0 bridgehead atoms. The molecule has 1 fully saturated rings. The van der Waals surface area contributed by atoms with Crippen LogP contribution < -0.4 is 10.2 Å². The predicted molar refractivity (Wildman–Crippen MR) is 68.6 cm³/mol. The number of carbonyl (C=O) groups is 1. The van der Waals surface area contributed by atoms with Crippen molar-refractivity contribution in [3.63, 3.8) is 0 Å². The van der Waals surface area contributed by atoms with Gasteiger partial charge in [-0.2, -0.15) is 0 Å². The van der Waals surface area contributed by atoms with Gasteiger partial charge >= 0.3 is 0 Å². The summed E-state index contributed by atoms with van der Waals surface area (Å²) in [5.41, 5.74) is 0. The summed E-state index contributed by atoms with van der Waals surface area (Å²) in [4.78, 5) is 21.8. The summed E-state index contributed by atoms with van der Waals surface area (Å²) in [7, 11) is 1.47. The van der Waals surface area contributed by atoms with Gasteiger partial charge in [-0.3, -0.25) is 4.79 Å². The van der Waals surface area contributed by atoms with Crippen LogP contribution in [0, 0.1) is 5.92 Å². The third kappa shape index (κ3) is 3.39. The molecule has 19 heavy (non-hydrogen) atoms. The van der Waals surface area contributed by atoms with E-state index in [4.69, 9.17) is 4.74 Å². The average molecular weight is 266 g/mol. The van der Waals surface area contributed by atoms with E-state index in [2.05, 4.69) is 15.3 Å². The molecule has 0 radical (unpaired) electrons. The van der Waals surface area contributed by atoms with Crippen LogP contribution in [0.1, 0.15) is 0 Å². The fraction of sp³-hybridized carbons (Fsp3) is 0.583. The van der Waals surface area contributed by atoms with Gasteiger partial charge in [-0.25, -0.2) is 9.97 Å². The van der Waals surface area contributed by atoms with Crippen LogP contribution in [-0.2, 0) is 9.53 Å². The van der Waals surface area contributed by atoms with Crippen molar-refractivity contribution in [2.45, 2.75) is 6.04 Å². The number of methoxy groups -OCH3 is 1. The number of ether oxygens (including phenoxy) is 1. The molecule has 0 spiro atoms. The zero-order valence-electron chi connectivity index (χ0n) is 10.8. The first-order valence-corrected chi connectivity index (χ1v) is 6.15. The Labute approximate surface area is 111 Å². The Hall–Kier alpha value is -1.73.